The third kappa shape index (κ3) is 3.83. The molecule has 2 unspecified atom stereocenters. The van der Waals surface area contributed by atoms with Crippen molar-refractivity contribution in [2.45, 2.75) is 12.1 Å². The highest BCUT2D eigenvalue weighted by molar-refractivity contribution is 7.57. The zero-order valence-corrected chi connectivity index (χ0v) is 17.2. The number of rotatable bonds is 6. The van der Waals surface area contributed by atoms with Crippen molar-refractivity contribution in [1.29, 1.82) is 0 Å². The number of anilines is 1. The highest BCUT2D eigenvalue weighted by Crippen LogP contribution is 2.61. The molecule has 0 saturated heterocycles. The van der Waals surface area contributed by atoms with E-state index in [1.807, 2.05) is 44.1 Å². The molecule has 0 amide bonds. The fourth-order valence-electron chi connectivity index (χ4n) is 3.21. The van der Waals surface area contributed by atoms with E-state index in [9.17, 15) is 14.3 Å². The van der Waals surface area contributed by atoms with Crippen LogP contribution in [-0.2, 0) is 9.36 Å². The van der Waals surface area contributed by atoms with Gasteiger partial charge in [-0.25, -0.2) is 0 Å². The molecule has 1 heterocycles. The summed E-state index contributed by atoms with van der Waals surface area (Å²) in [4.78, 5) is 27.9. The number of carboxylic acids is 1. The third-order valence-corrected chi connectivity index (χ3v) is 6.94. The van der Waals surface area contributed by atoms with Crippen LogP contribution in [0.5, 0.6) is 5.75 Å². The Morgan fingerprint density at radius 3 is 2.61 bits per heavy atom. The summed E-state index contributed by atoms with van der Waals surface area (Å²) in [6.07, 6.45) is 5.69. The number of carboxylic acid groups (broad SMARTS) is 1. The van der Waals surface area contributed by atoms with Gasteiger partial charge in [-0.1, -0.05) is 6.07 Å². The maximum Gasteiger partial charge on any atom is 0.303 e. The molecule has 1 aliphatic carbocycles. The molecule has 1 aromatic carbocycles. The van der Waals surface area contributed by atoms with E-state index in [1.165, 1.54) is 0 Å². The highest BCUT2D eigenvalue weighted by Gasteiger charge is 2.42. The molecule has 0 saturated carbocycles. The SMILES string of the molecule is CN(C)C1=CC2=C([C+]=C1)C(P(=O)([O-])CCC(=O)O)c1ccc(N(C)C)cc1O2. The Labute approximate surface area is 164 Å². The average Bonchev–Trinajstić information content (AvgIpc) is 2.63. The van der Waals surface area contributed by atoms with Crippen LogP contribution >= 0.6 is 7.37 Å². The lowest BCUT2D eigenvalue weighted by molar-refractivity contribution is -0.177. The Hall–Kier alpha value is -2.59. The summed E-state index contributed by atoms with van der Waals surface area (Å²) in [5.74, 6) is -0.260. The number of carbonyl (C=O) groups is 1. The first-order valence-electron chi connectivity index (χ1n) is 8.84. The zero-order valence-electron chi connectivity index (χ0n) is 16.3. The van der Waals surface area contributed by atoms with Gasteiger partial charge < -0.3 is 29.1 Å². The summed E-state index contributed by atoms with van der Waals surface area (Å²) in [5, 5.41) is 8.96. The molecule has 0 radical (unpaired) electrons. The molecule has 2 atom stereocenters. The first-order chi connectivity index (χ1) is 13.1. The van der Waals surface area contributed by atoms with Crippen molar-refractivity contribution in [3.05, 3.63) is 59.0 Å². The Morgan fingerprint density at radius 2 is 2.00 bits per heavy atom. The molecule has 148 valence electrons. The van der Waals surface area contributed by atoms with Gasteiger partial charge in [-0.15, -0.1) is 0 Å². The van der Waals surface area contributed by atoms with Gasteiger partial charge in [0.15, 0.2) is 17.0 Å². The molecule has 0 fully saturated rings. The van der Waals surface area contributed by atoms with E-state index in [2.05, 4.69) is 6.08 Å². The first-order valence-corrected chi connectivity index (χ1v) is 10.7. The van der Waals surface area contributed by atoms with Crippen molar-refractivity contribution < 1.29 is 24.1 Å². The molecule has 8 heteroatoms. The molecule has 1 aromatic rings. The lowest BCUT2D eigenvalue weighted by Crippen LogP contribution is -2.24. The molecule has 0 aromatic heterocycles. The van der Waals surface area contributed by atoms with Crippen LogP contribution in [0, 0.1) is 6.08 Å². The van der Waals surface area contributed by atoms with Crippen LogP contribution in [0.3, 0.4) is 0 Å². The minimum absolute atomic E-state index is 0.416. The van der Waals surface area contributed by atoms with Crippen molar-refractivity contribution in [2.75, 3.05) is 39.3 Å². The van der Waals surface area contributed by atoms with Gasteiger partial charge in [0.1, 0.15) is 12.2 Å². The number of likely N-dealkylation sites (N-methyl/N-ethyl adjacent to an activating group) is 1. The predicted molar refractivity (Wildman–Crippen MR) is 105 cm³/mol. The molecular formula is C20H23N2O5P. The van der Waals surface area contributed by atoms with E-state index in [4.69, 9.17) is 9.84 Å². The van der Waals surface area contributed by atoms with Crippen LogP contribution < -0.4 is 14.5 Å². The second-order valence-corrected chi connectivity index (χ2v) is 9.66. The van der Waals surface area contributed by atoms with E-state index in [0.29, 0.717) is 22.6 Å². The van der Waals surface area contributed by atoms with E-state index in [1.54, 1.807) is 24.3 Å². The molecule has 28 heavy (non-hydrogen) atoms. The smallest absolute Gasteiger partial charge is 0.303 e. The molecular weight excluding hydrogens is 379 g/mol. The molecule has 7 nitrogen and oxygen atoms in total. The number of fused-ring (bicyclic) bond motifs is 1. The number of hydrogen-bond donors (Lipinski definition) is 1. The van der Waals surface area contributed by atoms with Gasteiger partial charge in [0.2, 0.25) is 5.76 Å². The average molecular weight is 402 g/mol. The first kappa shape index (κ1) is 20.2. The van der Waals surface area contributed by atoms with Crippen LogP contribution in [-0.4, -0.2) is 50.3 Å². The normalized spacial score (nSPS) is 19.5. The van der Waals surface area contributed by atoms with Gasteiger partial charge in [0.25, 0.3) is 0 Å². The highest BCUT2D eigenvalue weighted by atomic mass is 31.2. The molecule has 1 aliphatic heterocycles. The molecule has 2 aliphatic rings. The second kappa shape index (κ2) is 7.44. The Kier molecular flexibility index (Phi) is 5.35. The lowest BCUT2D eigenvalue weighted by Gasteiger charge is -2.35. The Bertz CT molecular complexity index is 946. The summed E-state index contributed by atoms with van der Waals surface area (Å²) in [6.45, 7) is 0. The topological polar surface area (TPSA) is 93.1 Å². The monoisotopic (exact) mass is 402 g/mol. The number of nitrogens with zero attached hydrogens (tertiary/aromatic N) is 2. The summed E-state index contributed by atoms with van der Waals surface area (Å²) in [6, 6.07) is 5.35. The van der Waals surface area contributed by atoms with Crippen molar-refractivity contribution in [3.8, 4) is 5.75 Å². The minimum Gasteiger partial charge on any atom is -0.799 e. The summed E-state index contributed by atoms with van der Waals surface area (Å²) >= 11 is 0. The van der Waals surface area contributed by atoms with Crippen LogP contribution in [0.1, 0.15) is 17.6 Å². The van der Waals surface area contributed by atoms with Gasteiger partial charge >= 0.3 is 5.97 Å². The van der Waals surface area contributed by atoms with Gasteiger partial charge in [0, 0.05) is 52.9 Å². The van der Waals surface area contributed by atoms with Gasteiger partial charge in [-0.2, -0.15) is 0 Å². The van der Waals surface area contributed by atoms with Crippen molar-refractivity contribution in [2.24, 2.45) is 0 Å². The standard InChI is InChI=1S/C20H23N2O5P/c1-21(2)13-5-7-15-17(11-13)27-18-12-14(22(3)4)6-8-16(18)20(15)28(25,26)10-9-19(23)24/h5-7,11-12,20H,9-10H2,1-4H3,(H-,23,24,25,26). The maximum absolute atomic E-state index is 13.1. The van der Waals surface area contributed by atoms with E-state index < -0.39 is 31.6 Å². The Balaban J connectivity index is 2.13. The third-order valence-electron chi connectivity index (χ3n) is 4.77. The number of aliphatic carboxylic acids is 1. The van der Waals surface area contributed by atoms with Gasteiger partial charge in [-0.05, 0) is 12.2 Å². The van der Waals surface area contributed by atoms with E-state index in [-0.39, 0.29) is 0 Å². The van der Waals surface area contributed by atoms with Crippen LogP contribution in [0.15, 0.2) is 47.4 Å². The number of benzene rings is 1. The van der Waals surface area contributed by atoms with Gasteiger partial charge in [-0.3, -0.25) is 4.79 Å². The van der Waals surface area contributed by atoms with Crippen LogP contribution in [0.25, 0.3) is 0 Å². The number of hydrogen-bond acceptors (Lipinski definition) is 6. The largest absolute Gasteiger partial charge is 0.799 e. The number of ether oxygens (including phenoxy) is 1. The van der Waals surface area contributed by atoms with Crippen LogP contribution in [0.2, 0.25) is 0 Å². The zero-order chi connectivity index (χ0) is 20.6. The van der Waals surface area contributed by atoms with Crippen molar-refractivity contribution in [1.82, 2.24) is 4.90 Å². The Morgan fingerprint density at radius 1 is 1.29 bits per heavy atom. The van der Waals surface area contributed by atoms with Crippen molar-refractivity contribution >= 4 is 19.0 Å². The van der Waals surface area contributed by atoms with E-state index >= 15 is 0 Å². The minimum atomic E-state index is -4.13. The van der Waals surface area contributed by atoms with E-state index in [0.717, 1.165) is 11.4 Å². The maximum atomic E-state index is 13.1. The molecule has 0 spiro atoms. The fourth-order valence-corrected chi connectivity index (χ4v) is 5.20. The molecule has 3 rings (SSSR count). The lowest BCUT2D eigenvalue weighted by atomic mass is 9.96. The number of allylic oxidation sites excluding steroid dienone is 4. The predicted octanol–water partition coefficient (Wildman–Crippen LogP) is 2.37. The van der Waals surface area contributed by atoms with Gasteiger partial charge in [0.05, 0.1) is 18.2 Å². The summed E-state index contributed by atoms with van der Waals surface area (Å²) < 4.78 is 19.2. The molecule has 0 bridgehead atoms. The van der Waals surface area contributed by atoms with Crippen molar-refractivity contribution in [3.63, 3.8) is 0 Å². The summed E-state index contributed by atoms with van der Waals surface area (Å²) in [7, 11) is 3.39. The quantitative estimate of drug-likeness (QED) is 0.577. The van der Waals surface area contributed by atoms with Crippen LogP contribution in [0.4, 0.5) is 5.69 Å². The molecule has 1 N–H and O–H groups in total. The fraction of sp³-hybridized carbons (Fsp3) is 0.350. The second-order valence-electron chi connectivity index (χ2n) is 7.24. The summed E-state index contributed by atoms with van der Waals surface area (Å²) in [5.41, 5.74) is 1.64.